The summed E-state index contributed by atoms with van der Waals surface area (Å²) in [6, 6.07) is 7.32. The van der Waals surface area contributed by atoms with Crippen LogP contribution in [0.15, 0.2) is 24.3 Å². The SMILES string of the molecule is COc1ccc2c(c1OC)C(=O)C(c1c(C)cc(C)cc1C)C2=O. The molecule has 0 heterocycles. The predicted molar refractivity (Wildman–Crippen MR) is 91.6 cm³/mol. The van der Waals surface area contributed by atoms with Gasteiger partial charge in [-0.1, -0.05) is 17.7 Å². The minimum atomic E-state index is -0.804. The van der Waals surface area contributed by atoms with Crippen molar-refractivity contribution in [2.75, 3.05) is 14.2 Å². The highest BCUT2D eigenvalue weighted by Gasteiger charge is 2.43. The molecule has 24 heavy (non-hydrogen) atoms. The number of ketones is 2. The zero-order valence-corrected chi connectivity index (χ0v) is 14.5. The number of methoxy groups -OCH3 is 2. The summed E-state index contributed by atoms with van der Waals surface area (Å²) in [5.41, 5.74) is 4.56. The van der Waals surface area contributed by atoms with Gasteiger partial charge in [0.25, 0.3) is 0 Å². The minimum absolute atomic E-state index is 0.175. The number of benzene rings is 2. The molecule has 4 heteroatoms. The van der Waals surface area contributed by atoms with Gasteiger partial charge in [0, 0.05) is 5.56 Å². The van der Waals surface area contributed by atoms with E-state index in [1.165, 1.54) is 14.2 Å². The Kier molecular flexibility index (Phi) is 3.91. The second kappa shape index (κ2) is 5.78. The molecule has 0 spiro atoms. The number of rotatable bonds is 3. The van der Waals surface area contributed by atoms with Crippen molar-refractivity contribution in [3.63, 3.8) is 0 Å². The summed E-state index contributed by atoms with van der Waals surface area (Å²) in [5.74, 6) is -0.415. The number of hydrogen-bond acceptors (Lipinski definition) is 4. The topological polar surface area (TPSA) is 52.6 Å². The Hall–Kier alpha value is -2.62. The van der Waals surface area contributed by atoms with E-state index < -0.39 is 5.92 Å². The van der Waals surface area contributed by atoms with Crippen molar-refractivity contribution in [2.24, 2.45) is 0 Å². The summed E-state index contributed by atoms with van der Waals surface area (Å²) in [7, 11) is 2.99. The first-order valence-corrected chi connectivity index (χ1v) is 7.81. The third-order valence-corrected chi connectivity index (χ3v) is 4.61. The predicted octanol–water partition coefficient (Wildman–Crippen LogP) is 3.79. The first kappa shape index (κ1) is 16.2. The van der Waals surface area contributed by atoms with Crippen molar-refractivity contribution >= 4 is 11.6 Å². The van der Waals surface area contributed by atoms with E-state index >= 15 is 0 Å². The number of hydrogen-bond donors (Lipinski definition) is 0. The number of ether oxygens (including phenoxy) is 2. The highest BCUT2D eigenvalue weighted by Crippen LogP contribution is 2.44. The lowest BCUT2D eigenvalue weighted by Gasteiger charge is -2.15. The molecule has 0 bridgehead atoms. The van der Waals surface area contributed by atoms with E-state index in [-0.39, 0.29) is 11.6 Å². The first-order chi connectivity index (χ1) is 11.4. The number of carbonyl (C=O) groups excluding carboxylic acids is 2. The number of aryl methyl sites for hydroxylation is 3. The molecule has 0 saturated carbocycles. The molecule has 1 aliphatic carbocycles. The smallest absolute Gasteiger partial charge is 0.182 e. The maximum Gasteiger partial charge on any atom is 0.182 e. The normalized spacial score (nSPS) is 16.3. The van der Waals surface area contributed by atoms with E-state index in [9.17, 15) is 9.59 Å². The largest absolute Gasteiger partial charge is 0.493 e. The van der Waals surface area contributed by atoms with Crippen LogP contribution in [-0.4, -0.2) is 25.8 Å². The van der Waals surface area contributed by atoms with Crippen LogP contribution in [0.3, 0.4) is 0 Å². The van der Waals surface area contributed by atoms with Crippen LogP contribution in [0.2, 0.25) is 0 Å². The van der Waals surface area contributed by atoms with E-state index in [1.807, 2.05) is 32.9 Å². The van der Waals surface area contributed by atoms with Gasteiger partial charge in [-0.15, -0.1) is 0 Å². The fourth-order valence-electron chi connectivity index (χ4n) is 3.70. The summed E-state index contributed by atoms with van der Waals surface area (Å²) >= 11 is 0. The van der Waals surface area contributed by atoms with E-state index in [2.05, 4.69) is 0 Å². The molecule has 0 fully saturated rings. The first-order valence-electron chi connectivity index (χ1n) is 7.81. The quantitative estimate of drug-likeness (QED) is 0.806. The second-order valence-corrected chi connectivity index (χ2v) is 6.20. The molecule has 0 saturated heterocycles. The molecular weight excluding hydrogens is 304 g/mol. The summed E-state index contributed by atoms with van der Waals surface area (Å²) in [4.78, 5) is 26.0. The summed E-state index contributed by atoms with van der Waals surface area (Å²) in [6.07, 6.45) is 0. The van der Waals surface area contributed by atoms with E-state index in [0.29, 0.717) is 22.6 Å². The number of fused-ring (bicyclic) bond motifs is 1. The van der Waals surface area contributed by atoms with Gasteiger partial charge >= 0.3 is 0 Å². The van der Waals surface area contributed by atoms with Crippen LogP contribution in [0, 0.1) is 20.8 Å². The standard InChI is InChI=1S/C20H20O4/c1-10-8-11(2)15(12(3)9-10)17-18(21)13-6-7-14(23-4)20(24-5)16(13)19(17)22/h6-9,17H,1-5H3. The average Bonchev–Trinajstić information content (AvgIpc) is 2.78. The fourth-order valence-corrected chi connectivity index (χ4v) is 3.70. The van der Waals surface area contributed by atoms with Gasteiger partial charge in [-0.2, -0.15) is 0 Å². The summed E-state index contributed by atoms with van der Waals surface area (Å²) in [5, 5.41) is 0. The molecule has 1 aliphatic rings. The highest BCUT2D eigenvalue weighted by atomic mass is 16.5. The molecule has 0 amide bonds. The Labute approximate surface area is 141 Å². The lowest BCUT2D eigenvalue weighted by Crippen LogP contribution is -2.16. The Bertz CT molecular complexity index is 841. The third kappa shape index (κ3) is 2.21. The van der Waals surface area contributed by atoms with Crippen molar-refractivity contribution in [1.29, 1.82) is 0 Å². The van der Waals surface area contributed by atoms with E-state index in [1.54, 1.807) is 12.1 Å². The molecule has 3 rings (SSSR count). The van der Waals surface area contributed by atoms with Crippen LogP contribution in [0.5, 0.6) is 11.5 Å². The molecule has 0 N–H and O–H groups in total. The Balaban J connectivity index is 2.22. The van der Waals surface area contributed by atoms with Gasteiger partial charge in [0.05, 0.1) is 19.8 Å². The number of Topliss-reactive ketones (excluding diaryl/α,β-unsaturated/α-hetero) is 2. The molecule has 0 aromatic heterocycles. The third-order valence-electron chi connectivity index (χ3n) is 4.61. The zero-order chi connectivity index (χ0) is 17.6. The lowest BCUT2D eigenvalue weighted by atomic mass is 9.86. The molecular formula is C20H20O4. The molecule has 2 aromatic carbocycles. The number of carbonyl (C=O) groups is 2. The molecule has 124 valence electrons. The molecule has 0 radical (unpaired) electrons. The van der Waals surface area contributed by atoms with Crippen LogP contribution in [0.4, 0.5) is 0 Å². The van der Waals surface area contributed by atoms with Crippen LogP contribution in [0.1, 0.15) is 48.9 Å². The average molecular weight is 324 g/mol. The Morgan fingerprint density at radius 3 is 2.04 bits per heavy atom. The van der Waals surface area contributed by atoms with E-state index in [4.69, 9.17) is 9.47 Å². The molecule has 0 aliphatic heterocycles. The van der Waals surface area contributed by atoms with Gasteiger partial charge in [-0.05, 0) is 49.6 Å². The molecule has 2 aromatic rings. The monoisotopic (exact) mass is 324 g/mol. The van der Waals surface area contributed by atoms with Gasteiger partial charge < -0.3 is 9.47 Å². The maximum atomic E-state index is 13.1. The van der Waals surface area contributed by atoms with Gasteiger partial charge in [0.1, 0.15) is 5.92 Å². The lowest BCUT2D eigenvalue weighted by molar-refractivity contribution is 0.0888. The Morgan fingerprint density at radius 2 is 1.50 bits per heavy atom. The van der Waals surface area contributed by atoms with Crippen LogP contribution in [-0.2, 0) is 0 Å². The van der Waals surface area contributed by atoms with Crippen LogP contribution in [0.25, 0.3) is 0 Å². The molecule has 1 unspecified atom stereocenters. The Morgan fingerprint density at radius 1 is 0.875 bits per heavy atom. The van der Waals surface area contributed by atoms with Gasteiger partial charge in [-0.3, -0.25) is 9.59 Å². The maximum absolute atomic E-state index is 13.1. The van der Waals surface area contributed by atoms with Crippen molar-refractivity contribution < 1.29 is 19.1 Å². The van der Waals surface area contributed by atoms with Gasteiger partial charge in [0.15, 0.2) is 23.1 Å². The summed E-state index contributed by atoms with van der Waals surface area (Å²) in [6.45, 7) is 5.89. The fraction of sp³-hybridized carbons (Fsp3) is 0.300. The van der Waals surface area contributed by atoms with Gasteiger partial charge in [-0.25, -0.2) is 0 Å². The minimum Gasteiger partial charge on any atom is -0.493 e. The van der Waals surface area contributed by atoms with Crippen molar-refractivity contribution in [3.8, 4) is 11.5 Å². The van der Waals surface area contributed by atoms with Crippen LogP contribution >= 0.6 is 0 Å². The van der Waals surface area contributed by atoms with Crippen molar-refractivity contribution in [1.82, 2.24) is 0 Å². The van der Waals surface area contributed by atoms with E-state index in [0.717, 1.165) is 22.3 Å². The van der Waals surface area contributed by atoms with Crippen molar-refractivity contribution in [2.45, 2.75) is 26.7 Å². The summed E-state index contributed by atoms with van der Waals surface area (Å²) < 4.78 is 10.6. The van der Waals surface area contributed by atoms with Gasteiger partial charge in [0.2, 0.25) is 0 Å². The van der Waals surface area contributed by atoms with Crippen LogP contribution < -0.4 is 9.47 Å². The van der Waals surface area contributed by atoms with Crippen molar-refractivity contribution in [3.05, 3.63) is 57.6 Å². The molecule has 4 nitrogen and oxygen atoms in total. The highest BCUT2D eigenvalue weighted by molar-refractivity contribution is 6.31. The zero-order valence-electron chi connectivity index (χ0n) is 14.5. The second-order valence-electron chi connectivity index (χ2n) is 6.20. The molecule has 1 atom stereocenters.